The number of benzene rings is 2. The third-order valence-corrected chi connectivity index (χ3v) is 8.66. The topological polar surface area (TPSA) is 114 Å². The van der Waals surface area contributed by atoms with Crippen molar-refractivity contribution in [2.24, 2.45) is 18.2 Å². The second-order valence-corrected chi connectivity index (χ2v) is 10.8. The minimum atomic E-state index is -3.70. The number of amides is 1. The van der Waals surface area contributed by atoms with Crippen molar-refractivity contribution in [1.29, 1.82) is 0 Å². The molecule has 2 aromatic carbocycles. The molecule has 33 heavy (non-hydrogen) atoms. The number of fused-ring (bicyclic) bond motifs is 1. The molecule has 0 spiro atoms. The zero-order valence-electron chi connectivity index (χ0n) is 18.8. The summed E-state index contributed by atoms with van der Waals surface area (Å²) in [6, 6.07) is 16.4. The van der Waals surface area contributed by atoms with E-state index in [-0.39, 0.29) is 29.4 Å². The molecule has 1 heterocycles. The summed E-state index contributed by atoms with van der Waals surface area (Å²) >= 11 is 0. The van der Waals surface area contributed by atoms with Crippen molar-refractivity contribution in [3.8, 4) is 0 Å². The molecule has 176 valence electrons. The number of rotatable bonds is 8. The van der Waals surface area contributed by atoms with E-state index in [0.717, 1.165) is 16.5 Å². The van der Waals surface area contributed by atoms with E-state index in [1.165, 1.54) is 0 Å². The molecule has 1 aliphatic rings. The predicted molar refractivity (Wildman–Crippen MR) is 128 cm³/mol. The number of aliphatic hydroxyl groups is 1. The van der Waals surface area contributed by atoms with Crippen LogP contribution in [0, 0.1) is 5.41 Å². The Balaban J connectivity index is 1.52. The number of aromatic nitrogens is 1. The first kappa shape index (κ1) is 23.5. The number of nitrogens with one attached hydrogen (secondary N) is 1. The molecule has 1 atom stereocenters. The van der Waals surface area contributed by atoms with E-state index in [2.05, 4.69) is 4.72 Å². The largest absolute Gasteiger partial charge is 0.396 e. The minimum absolute atomic E-state index is 0.0490. The van der Waals surface area contributed by atoms with Crippen molar-refractivity contribution >= 4 is 26.8 Å². The predicted octanol–water partition coefficient (Wildman–Crippen LogP) is 3.04. The zero-order chi connectivity index (χ0) is 23.6. The van der Waals surface area contributed by atoms with Crippen LogP contribution in [-0.4, -0.2) is 36.6 Å². The van der Waals surface area contributed by atoms with Gasteiger partial charge in [-0.05, 0) is 61.9 Å². The number of hydrogen-bond acceptors (Lipinski definition) is 4. The second-order valence-electron chi connectivity index (χ2n) is 9.04. The molecular weight excluding hydrogens is 438 g/mol. The normalized spacial score (nSPS) is 22.3. The number of primary amides is 1. The standard InChI is InChI=1S/C25H31N3O4S/c1-28-15-11-19-17-21(7-8-23(19)28)33(31,32)27-20-9-13-25(14-10-20,24(26)30)22(12-16-29)18-5-3-2-4-6-18/h2-8,11,15,17,20,22,27,29H,9-10,12-14,16H2,1H3,(H2,26,30)/t20?,22-,25?/m1/s1. The number of sulfonamides is 1. The van der Waals surface area contributed by atoms with Gasteiger partial charge in [-0.2, -0.15) is 0 Å². The average Bonchev–Trinajstić information content (AvgIpc) is 3.18. The zero-order valence-corrected chi connectivity index (χ0v) is 19.6. The summed E-state index contributed by atoms with van der Waals surface area (Å²) in [5, 5.41) is 10.6. The summed E-state index contributed by atoms with van der Waals surface area (Å²) in [6.07, 6.45) is 4.27. The van der Waals surface area contributed by atoms with Gasteiger partial charge in [0.15, 0.2) is 0 Å². The van der Waals surface area contributed by atoms with Crippen LogP contribution in [0.3, 0.4) is 0 Å². The van der Waals surface area contributed by atoms with Gasteiger partial charge in [0, 0.05) is 42.7 Å². The highest BCUT2D eigenvalue weighted by Gasteiger charge is 2.47. The molecule has 1 fully saturated rings. The van der Waals surface area contributed by atoms with Gasteiger partial charge in [-0.1, -0.05) is 30.3 Å². The van der Waals surface area contributed by atoms with Crippen LogP contribution in [0.2, 0.25) is 0 Å². The number of hydrogen-bond donors (Lipinski definition) is 3. The molecule has 8 heteroatoms. The third kappa shape index (κ3) is 4.55. The molecule has 1 saturated carbocycles. The molecule has 3 aromatic rings. The van der Waals surface area contributed by atoms with Crippen LogP contribution in [0.5, 0.6) is 0 Å². The lowest BCUT2D eigenvalue weighted by molar-refractivity contribution is -0.131. The molecule has 1 aromatic heterocycles. The Morgan fingerprint density at radius 2 is 1.88 bits per heavy atom. The fourth-order valence-electron chi connectivity index (χ4n) is 5.31. The van der Waals surface area contributed by atoms with Crippen molar-refractivity contribution in [2.75, 3.05) is 6.61 Å². The Kier molecular flexibility index (Phi) is 6.61. The van der Waals surface area contributed by atoms with Crippen LogP contribution < -0.4 is 10.5 Å². The molecule has 0 unspecified atom stereocenters. The Hall–Kier alpha value is -2.68. The Bertz CT molecular complexity index is 1230. The quantitative estimate of drug-likeness (QED) is 0.470. The van der Waals surface area contributed by atoms with Gasteiger partial charge < -0.3 is 15.4 Å². The summed E-state index contributed by atoms with van der Waals surface area (Å²) in [4.78, 5) is 12.9. The first-order valence-electron chi connectivity index (χ1n) is 11.3. The van der Waals surface area contributed by atoms with E-state index in [0.29, 0.717) is 32.1 Å². The molecule has 0 radical (unpaired) electrons. The van der Waals surface area contributed by atoms with Gasteiger partial charge in [0.2, 0.25) is 15.9 Å². The van der Waals surface area contributed by atoms with Gasteiger partial charge >= 0.3 is 0 Å². The lowest BCUT2D eigenvalue weighted by Gasteiger charge is -2.43. The van der Waals surface area contributed by atoms with E-state index in [1.54, 1.807) is 12.1 Å². The van der Waals surface area contributed by atoms with Gasteiger partial charge in [0.1, 0.15) is 0 Å². The van der Waals surface area contributed by atoms with E-state index >= 15 is 0 Å². The average molecular weight is 470 g/mol. The van der Waals surface area contributed by atoms with Crippen LogP contribution in [-0.2, 0) is 21.9 Å². The fraction of sp³-hybridized carbons (Fsp3) is 0.400. The van der Waals surface area contributed by atoms with Gasteiger partial charge in [-0.15, -0.1) is 0 Å². The highest BCUT2D eigenvalue weighted by Crippen LogP contribution is 2.49. The van der Waals surface area contributed by atoms with Gasteiger partial charge in [-0.25, -0.2) is 13.1 Å². The first-order valence-corrected chi connectivity index (χ1v) is 12.8. The maximum Gasteiger partial charge on any atom is 0.240 e. The second kappa shape index (κ2) is 9.29. The van der Waals surface area contributed by atoms with E-state index in [1.807, 2.05) is 60.3 Å². The number of aliphatic hydroxyl groups excluding tert-OH is 1. The summed E-state index contributed by atoms with van der Waals surface area (Å²) in [5.74, 6) is -0.597. The molecular formula is C25H31N3O4S. The molecule has 0 aliphatic heterocycles. The summed E-state index contributed by atoms with van der Waals surface area (Å²) < 4.78 is 30.9. The molecule has 1 amide bonds. The molecule has 0 bridgehead atoms. The molecule has 4 N–H and O–H groups in total. The molecule has 7 nitrogen and oxygen atoms in total. The molecule has 1 aliphatic carbocycles. The van der Waals surface area contributed by atoms with Crippen molar-refractivity contribution in [3.63, 3.8) is 0 Å². The van der Waals surface area contributed by atoms with Crippen molar-refractivity contribution in [3.05, 3.63) is 66.4 Å². The van der Waals surface area contributed by atoms with Crippen LogP contribution in [0.1, 0.15) is 43.6 Å². The van der Waals surface area contributed by atoms with Crippen molar-refractivity contribution in [2.45, 2.75) is 49.0 Å². The van der Waals surface area contributed by atoms with Crippen molar-refractivity contribution < 1.29 is 18.3 Å². The van der Waals surface area contributed by atoms with Crippen LogP contribution >= 0.6 is 0 Å². The number of carbonyl (C=O) groups excluding carboxylic acids is 1. The van der Waals surface area contributed by atoms with E-state index in [9.17, 15) is 18.3 Å². The van der Waals surface area contributed by atoms with Gasteiger partial charge in [0.05, 0.1) is 10.3 Å². The van der Waals surface area contributed by atoms with Crippen molar-refractivity contribution in [1.82, 2.24) is 9.29 Å². The number of nitrogens with zero attached hydrogens (tertiary/aromatic N) is 1. The summed E-state index contributed by atoms with van der Waals surface area (Å²) in [6.45, 7) is -0.0490. The summed E-state index contributed by atoms with van der Waals surface area (Å²) in [7, 11) is -1.78. The van der Waals surface area contributed by atoms with E-state index in [4.69, 9.17) is 5.73 Å². The first-order chi connectivity index (χ1) is 15.8. The fourth-order valence-corrected chi connectivity index (χ4v) is 6.65. The van der Waals surface area contributed by atoms with Crippen LogP contribution in [0.25, 0.3) is 10.9 Å². The highest BCUT2D eigenvalue weighted by atomic mass is 32.2. The highest BCUT2D eigenvalue weighted by molar-refractivity contribution is 7.89. The monoisotopic (exact) mass is 469 g/mol. The molecule has 0 saturated heterocycles. The number of aryl methyl sites for hydroxylation is 1. The number of carbonyl (C=O) groups is 1. The maximum absolute atomic E-state index is 13.1. The van der Waals surface area contributed by atoms with Crippen LogP contribution in [0.15, 0.2) is 65.7 Å². The van der Waals surface area contributed by atoms with Gasteiger partial charge in [-0.3, -0.25) is 4.79 Å². The maximum atomic E-state index is 13.1. The van der Waals surface area contributed by atoms with Gasteiger partial charge in [0.25, 0.3) is 0 Å². The van der Waals surface area contributed by atoms with E-state index < -0.39 is 15.4 Å². The minimum Gasteiger partial charge on any atom is -0.396 e. The lowest BCUT2D eigenvalue weighted by Crippen LogP contribution is -2.48. The smallest absolute Gasteiger partial charge is 0.240 e. The Labute approximate surface area is 194 Å². The van der Waals surface area contributed by atoms with Crippen LogP contribution in [0.4, 0.5) is 0 Å². The SMILES string of the molecule is Cn1ccc2cc(S(=O)(=O)NC3CCC(C(N)=O)([C@H](CCO)c4ccccc4)CC3)ccc21. The third-order valence-electron chi connectivity index (χ3n) is 7.14. The summed E-state index contributed by atoms with van der Waals surface area (Å²) in [5.41, 5.74) is 7.06. The Morgan fingerprint density at radius 3 is 2.52 bits per heavy atom. The Morgan fingerprint density at radius 1 is 1.18 bits per heavy atom. The lowest BCUT2D eigenvalue weighted by atomic mass is 9.61. The molecule has 4 rings (SSSR count). The number of nitrogens with two attached hydrogens (primary N) is 1.